The number of Topliss-reactive ketones (excluding diaryl/α,β-unsaturated/α-hetero) is 1. The highest BCUT2D eigenvalue weighted by molar-refractivity contribution is 9.10. The summed E-state index contributed by atoms with van der Waals surface area (Å²) in [5.41, 5.74) is 3.77. The number of aryl methyl sites for hydroxylation is 1. The maximum atomic E-state index is 12.6. The smallest absolute Gasteiger partial charge is 0.189 e. The molecule has 0 heterocycles. The van der Waals surface area contributed by atoms with Crippen molar-refractivity contribution in [2.24, 2.45) is 0 Å². The summed E-state index contributed by atoms with van der Waals surface area (Å²) in [5.74, 6) is 0.834. The van der Waals surface area contributed by atoms with Crippen LogP contribution in [0.15, 0.2) is 52.5 Å². The Hall–Kier alpha value is -1.87. The topological polar surface area (TPSA) is 26.3 Å². The van der Waals surface area contributed by atoms with Gasteiger partial charge in [0.1, 0.15) is 5.75 Å². The van der Waals surface area contributed by atoms with Crippen LogP contribution in [0.1, 0.15) is 27.9 Å². The third-order valence-electron chi connectivity index (χ3n) is 3.71. The van der Waals surface area contributed by atoms with Crippen molar-refractivity contribution in [3.63, 3.8) is 0 Å². The SMILES string of the molecule is COc1ccc2c(c1)C(=O)C(=Cc1cccc(Br)c1)CC2. The Kier molecular flexibility index (Phi) is 3.93. The highest BCUT2D eigenvalue weighted by atomic mass is 79.9. The summed E-state index contributed by atoms with van der Waals surface area (Å²) in [7, 11) is 1.62. The summed E-state index contributed by atoms with van der Waals surface area (Å²) in [6.45, 7) is 0. The molecule has 0 radical (unpaired) electrons. The molecule has 21 heavy (non-hydrogen) atoms. The van der Waals surface area contributed by atoms with E-state index in [1.807, 2.05) is 48.5 Å². The Labute approximate surface area is 132 Å². The predicted molar refractivity (Wildman–Crippen MR) is 87.8 cm³/mol. The van der Waals surface area contributed by atoms with Gasteiger partial charge in [-0.1, -0.05) is 34.1 Å². The fourth-order valence-corrected chi connectivity index (χ4v) is 3.02. The molecule has 2 aromatic carbocycles. The molecular weight excluding hydrogens is 328 g/mol. The molecule has 1 aliphatic rings. The molecule has 0 aromatic heterocycles. The monoisotopic (exact) mass is 342 g/mol. The number of fused-ring (bicyclic) bond motifs is 1. The normalized spacial score (nSPS) is 15.9. The van der Waals surface area contributed by atoms with Crippen molar-refractivity contribution in [2.45, 2.75) is 12.8 Å². The Morgan fingerprint density at radius 1 is 1.14 bits per heavy atom. The van der Waals surface area contributed by atoms with E-state index in [1.54, 1.807) is 7.11 Å². The number of carbonyl (C=O) groups excluding carboxylic acids is 1. The number of halogens is 1. The first-order valence-corrected chi connectivity index (χ1v) is 7.64. The zero-order valence-corrected chi connectivity index (χ0v) is 13.3. The van der Waals surface area contributed by atoms with E-state index in [9.17, 15) is 4.79 Å². The second kappa shape index (κ2) is 5.86. The van der Waals surface area contributed by atoms with Crippen LogP contribution in [0.25, 0.3) is 6.08 Å². The average Bonchev–Trinajstić information content (AvgIpc) is 2.50. The van der Waals surface area contributed by atoms with Crippen molar-refractivity contribution in [2.75, 3.05) is 7.11 Å². The van der Waals surface area contributed by atoms with E-state index in [2.05, 4.69) is 15.9 Å². The van der Waals surface area contributed by atoms with Crippen LogP contribution in [0.5, 0.6) is 5.75 Å². The minimum Gasteiger partial charge on any atom is -0.497 e. The van der Waals surface area contributed by atoms with Crippen LogP contribution in [0, 0.1) is 0 Å². The molecule has 2 nitrogen and oxygen atoms in total. The molecule has 0 saturated heterocycles. The molecule has 0 saturated carbocycles. The Bertz CT molecular complexity index is 732. The number of methoxy groups -OCH3 is 1. The molecule has 0 atom stereocenters. The lowest BCUT2D eigenvalue weighted by Gasteiger charge is -2.18. The van der Waals surface area contributed by atoms with E-state index >= 15 is 0 Å². The van der Waals surface area contributed by atoms with Crippen LogP contribution in [-0.4, -0.2) is 12.9 Å². The van der Waals surface area contributed by atoms with Crippen LogP contribution in [0.3, 0.4) is 0 Å². The number of hydrogen-bond donors (Lipinski definition) is 0. The van der Waals surface area contributed by atoms with Gasteiger partial charge in [0.05, 0.1) is 7.11 Å². The number of allylic oxidation sites excluding steroid dienone is 1. The largest absolute Gasteiger partial charge is 0.497 e. The van der Waals surface area contributed by atoms with E-state index in [-0.39, 0.29) is 5.78 Å². The van der Waals surface area contributed by atoms with Gasteiger partial charge in [0.2, 0.25) is 0 Å². The first kappa shape index (κ1) is 14.1. The molecule has 0 fully saturated rings. The highest BCUT2D eigenvalue weighted by Crippen LogP contribution is 2.29. The second-order valence-corrected chi connectivity index (χ2v) is 5.99. The molecule has 0 unspecified atom stereocenters. The zero-order chi connectivity index (χ0) is 14.8. The van der Waals surface area contributed by atoms with Crippen molar-refractivity contribution >= 4 is 27.8 Å². The second-order valence-electron chi connectivity index (χ2n) is 5.08. The first-order chi connectivity index (χ1) is 10.2. The third kappa shape index (κ3) is 2.93. The fourth-order valence-electron chi connectivity index (χ4n) is 2.60. The number of hydrogen-bond acceptors (Lipinski definition) is 2. The van der Waals surface area contributed by atoms with Crippen molar-refractivity contribution < 1.29 is 9.53 Å². The molecule has 106 valence electrons. The summed E-state index contributed by atoms with van der Waals surface area (Å²) in [6, 6.07) is 13.7. The van der Waals surface area contributed by atoms with Gasteiger partial charge in [0, 0.05) is 15.6 Å². The van der Waals surface area contributed by atoms with Crippen molar-refractivity contribution in [3.8, 4) is 5.75 Å². The van der Waals surface area contributed by atoms with Gasteiger partial charge in [-0.15, -0.1) is 0 Å². The molecule has 1 aliphatic carbocycles. The average molecular weight is 343 g/mol. The molecule has 3 rings (SSSR count). The van der Waals surface area contributed by atoms with Gasteiger partial charge in [-0.25, -0.2) is 0 Å². The van der Waals surface area contributed by atoms with Gasteiger partial charge in [0.15, 0.2) is 5.78 Å². The maximum absolute atomic E-state index is 12.6. The van der Waals surface area contributed by atoms with Crippen molar-refractivity contribution in [1.29, 1.82) is 0 Å². The van der Waals surface area contributed by atoms with Gasteiger partial charge in [-0.2, -0.15) is 0 Å². The van der Waals surface area contributed by atoms with Crippen LogP contribution < -0.4 is 4.74 Å². The van der Waals surface area contributed by atoms with Gasteiger partial charge < -0.3 is 4.74 Å². The van der Waals surface area contributed by atoms with Gasteiger partial charge in [0.25, 0.3) is 0 Å². The maximum Gasteiger partial charge on any atom is 0.189 e. The van der Waals surface area contributed by atoms with Gasteiger partial charge in [-0.3, -0.25) is 4.79 Å². The summed E-state index contributed by atoms with van der Waals surface area (Å²) >= 11 is 3.46. The van der Waals surface area contributed by atoms with E-state index < -0.39 is 0 Å². The standard InChI is InChI=1S/C18H15BrO2/c1-21-16-8-7-13-5-6-14(18(20)17(13)11-16)9-12-3-2-4-15(19)10-12/h2-4,7-11H,5-6H2,1H3. The van der Waals surface area contributed by atoms with Crippen LogP contribution >= 0.6 is 15.9 Å². The fraction of sp³-hybridized carbons (Fsp3) is 0.167. The number of benzene rings is 2. The number of ether oxygens (including phenoxy) is 1. The van der Waals surface area contributed by atoms with Crippen LogP contribution in [-0.2, 0) is 6.42 Å². The zero-order valence-electron chi connectivity index (χ0n) is 11.7. The van der Waals surface area contributed by atoms with Gasteiger partial charge >= 0.3 is 0 Å². The third-order valence-corrected chi connectivity index (χ3v) is 4.20. The van der Waals surface area contributed by atoms with E-state index in [1.165, 1.54) is 0 Å². The van der Waals surface area contributed by atoms with E-state index in [4.69, 9.17) is 4.74 Å². The number of ketones is 1. The van der Waals surface area contributed by atoms with Crippen molar-refractivity contribution in [1.82, 2.24) is 0 Å². The molecule has 2 aromatic rings. The quantitative estimate of drug-likeness (QED) is 0.741. The summed E-state index contributed by atoms with van der Waals surface area (Å²) in [6.07, 6.45) is 3.66. The lowest BCUT2D eigenvalue weighted by molar-refractivity contribution is 0.102. The Morgan fingerprint density at radius 2 is 2.00 bits per heavy atom. The van der Waals surface area contributed by atoms with Crippen LogP contribution in [0.2, 0.25) is 0 Å². The summed E-state index contributed by atoms with van der Waals surface area (Å²) in [5, 5.41) is 0. The van der Waals surface area contributed by atoms with Crippen LogP contribution in [0.4, 0.5) is 0 Å². The Balaban J connectivity index is 1.98. The first-order valence-electron chi connectivity index (χ1n) is 6.85. The molecule has 0 N–H and O–H groups in total. The van der Waals surface area contributed by atoms with Gasteiger partial charge in [-0.05, 0) is 54.3 Å². The van der Waals surface area contributed by atoms with E-state index in [0.29, 0.717) is 0 Å². The highest BCUT2D eigenvalue weighted by Gasteiger charge is 2.22. The lowest BCUT2D eigenvalue weighted by Crippen LogP contribution is -2.14. The lowest BCUT2D eigenvalue weighted by atomic mass is 9.86. The molecule has 3 heteroatoms. The summed E-state index contributed by atoms with van der Waals surface area (Å²) in [4.78, 5) is 12.6. The number of rotatable bonds is 2. The van der Waals surface area contributed by atoms with E-state index in [0.717, 1.165) is 45.3 Å². The predicted octanol–water partition coefficient (Wildman–Crippen LogP) is 4.67. The van der Waals surface area contributed by atoms with Crippen molar-refractivity contribution in [3.05, 3.63) is 69.2 Å². The molecule has 0 bridgehead atoms. The molecular formula is C18H15BrO2. The minimum atomic E-state index is 0.107. The molecule has 0 spiro atoms. The molecule has 0 amide bonds. The Morgan fingerprint density at radius 3 is 2.76 bits per heavy atom. The minimum absolute atomic E-state index is 0.107. The molecule has 0 aliphatic heterocycles. The number of carbonyl (C=O) groups is 1. The summed E-state index contributed by atoms with van der Waals surface area (Å²) < 4.78 is 6.24.